The zero-order valence-electron chi connectivity index (χ0n) is 8.87. The number of anilines is 1. The van der Waals surface area contributed by atoms with Crippen molar-refractivity contribution in [2.24, 2.45) is 7.05 Å². The van der Waals surface area contributed by atoms with Gasteiger partial charge in [0.25, 0.3) is 11.5 Å². The van der Waals surface area contributed by atoms with Gasteiger partial charge in [-0.2, -0.15) is 4.98 Å². The van der Waals surface area contributed by atoms with Crippen LogP contribution >= 0.6 is 0 Å². The number of nitrogens with two attached hydrogens (primary N) is 1. The van der Waals surface area contributed by atoms with Crippen molar-refractivity contribution in [3.05, 3.63) is 22.1 Å². The van der Waals surface area contributed by atoms with Crippen LogP contribution in [-0.2, 0) is 7.05 Å². The maximum Gasteiger partial charge on any atom is 0.264 e. The van der Waals surface area contributed by atoms with E-state index in [0.29, 0.717) is 5.65 Å². The first kappa shape index (κ1) is 10.2. The molecular weight excluding hydrogens is 210 g/mol. The third-order valence-corrected chi connectivity index (χ3v) is 2.42. The molecule has 0 saturated heterocycles. The minimum Gasteiger partial charge on any atom is -0.369 e. The van der Waals surface area contributed by atoms with E-state index in [-0.39, 0.29) is 28.4 Å². The van der Waals surface area contributed by atoms with Gasteiger partial charge in [0.15, 0.2) is 0 Å². The summed E-state index contributed by atoms with van der Waals surface area (Å²) < 4.78 is 1.20. The lowest BCUT2D eigenvalue weighted by Gasteiger charge is -2.02. The van der Waals surface area contributed by atoms with Gasteiger partial charge in [-0.1, -0.05) is 0 Å². The molecule has 0 fully saturated rings. The van der Waals surface area contributed by atoms with Crippen molar-refractivity contribution in [1.29, 1.82) is 0 Å². The summed E-state index contributed by atoms with van der Waals surface area (Å²) in [5, 5.41) is 2.70. The van der Waals surface area contributed by atoms with E-state index < -0.39 is 0 Å². The first-order valence-corrected chi connectivity index (χ1v) is 4.62. The topological polar surface area (TPSA) is 106 Å². The largest absolute Gasteiger partial charge is 0.369 e. The highest BCUT2D eigenvalue weighted by Crippen LogP contribution is 2.12. The fraction of sp³-hybridized carbons (Fsp3) is 0.222. The van der Waals surface area contributed by atoms with Crippen LogP contribution in [0.3, 0.4) is 0 Å². The number of aromatic amines is 1. The van der Waals surface area contributed by atoms with Crippen LogP contribution in [0.4, 0.5) is 5.95 Å². The number of hydrogen-bond donors (Lipinski definition) is 3. The summed E-state index contributed by atoms with van der Waals surface area (Å²) in [4.78, 5) is 30.1. The van der Waals surface area contributed by atoms with Crippen LogP contribution in [0.1, 0.15) is 10.4 Å². The Balaban J connectivity index is 2.87. The highest BCUT2D eigenvalue weighted by atomic mass is 16.2. The number of carbonyl (C=O) groups excluding carboxylic acids is 1. The van der Waals surface area contributed by atoms with E-state index in [1.807, 2.05) is 0 Å². The minimum atomic E-state index is -0.345. The van der Waals surface area contributed by atoms with E-state index in [1.165, 1.54) is 24.9 Å². The Morgan fingerprint density at radius 1 is 1.62 bits per heavy atom. The highest BCUT2D eigenvalue weighted by molar-refractivity contribution is 6.05. The van der Waals surface area contributed by atoms with Crippen molar-refractivity contribution < 1.29 is 4.79 Å². The van der Waals surface area contributed by atoms with Crippen LogP contribution in [0.25, 0.3) is 11.0 Å². The van der Waals surface area contributed by atoms with Gasteiger partial charge in [-0.05, 0) is 0 Å². The number of H-pyrrole nitrogens is 1. The predicted octanol–water partition coefficient (Wildman–Crippen LogP) is -0.797. The smallest absolute Gasteiger partial charge is 0.264 e. The van der Waals surface area contributed by atoms with Gasteiger partial charge in [-0.3, -0.25) is 14.2 Å². The lowest BCUT2D eigenvalue weighted by Crippen LogP contribution is -2.24. The molecule has 0 radical (unpaired) electrons. The van der Waals surface area contributed by atoms with Crippen LogP contribution < -0.4 is 16.6 Å². The number of hydrogen-bond acceptors (Lipinski definition) is 4. The van der Waals surface area contributed by atoms with Gasteiger partial charge < -0.3 is 16.0 Å². The standard InChI is InChI=1S/C9H11N5O2/c1-11-7(15)4-3-12-6-5(4)8(16)14(2)9(10)13-6/h3,12H,1-2H3,(H2,10,13)(H,11,15). The van der Waals surface area contributed by atoms with E-state index in [0.717, 1.165) is 0 Å². The van der Waals surface area contributed by atoms with Gasteiger partial charge >= 0.3 is 0 Å². The Bertz CT molecular complexity index is 625. The molecule has 2 aromatic heterocycles. The third kappa shape index (κ3) is 1.25. The predicted molar refractivity (Wildman–Crippen MR) is 59.1 cm³/mol. The van der Waals surface area contributed by atoms with Crippen LogP contribution in [0.2, 0.25) is 0 Å². The summed E-state index contributed by atoms with van der Waals surface area (Å²) >= 11 is 0. The molecule has 0 bridgehead atoms. The molecule has 16 heavy (non-hydrogen) atoms. The first-order valence-electron chi connectivity index (χ1n) is 4.62. The monoisotopic (exact) mass is 221 g/mol. The molecule has 84 valence electrons. The van der Waals surface area contributed by atoms with Crippen molar-refractivity contribution in [2.45, 2.75) is 0 Å². The minimum absolute atomic E-state index is 0.0998. The van der Waals surface area contributed by atoms with Gasteiger partial charge in [-0.25, -0.2) is 0 Å². The van der Waals surface area contributed by atoms with Crippen molar-refractivity contribution in [3.63, 3.8) is 0 Å². The van der Waals surface area contributed by atoms with E-state index in [2.05, 4.69) is 15.3 Å². The van der Waals surface area contributed by atoms with Crippen LogP contribution in [0.5, 0.6) is 0 Å². The molecular formula is C9H11N5O2. The molecule has 0 aliphatic carbocycles. The summed E-state index contributed by atoms with van der Waals surface area (Å²) in [5.41, 5.74) is 5.78. The third-order valence-electron chi connectivity index (χ3n) is 2.42. The Morgan fingerprint density at radius 3 is 2.94 bits per heavy atom. The fourth-order valence-electron chi connectivity index (χ4n) is 1.49. The second-order valence-corrected chi connectivity index (χ2v) is 3.34. The number of nitrogens with one attached hydrogen (secondary N) is 2. The lowest BCUT2D eigenvalue weighted by atomic mass is 10.2. The van der Waals surface area contributed by atoms with Crippen LogP contribution in [0.15, 0.2) is 11.0 Å². The number of nitrogens with zero attached hydrogens (tertiary/aromatic N) is 2. The molecule has 0 aliphatic heterocycles. The van der Waals surface area contributed by atoms with E-state index >= 15 is 0 Å². The van der Waals surface area contributed by atoms with Gasteiger partial charge in [0.1, 0.15) is 5.65 Å². The molecule has 0 spiro atoms. The summed E-state index contributed by atoms with van der Waals surface area (Å²) in [7, 11) is 3.00. The molecule has 2 heterocycles. The quantitative estimate of drug-likeness (QED) is 0.586. The zero-order valence-corrected chi connectivity index (χ0v) is 8.87. The number of nitrogen functional groups attached to an aromatic ring is 1. The van der Waals surface area contributed by atoms with E-state index in [4.69, 9.17) is 5.73 Å². The number of aromatic nitrogens is 3. The Labute approximate surface area is 90.3 Å². The summed E-state index contributed by atoms with van der Waals surface area (Å²) in [6.07, 6.45) is 1.44. The fourth-order valence-corrected chi connectivity index (χ4v) is 1.49. The van der Waals surface area contributed by atoms with Crippen LogP contribution in [0, 0.1) is 0 Å². The highest BCUT2D eigenvalue weighted by Gasteiger charge is 2.16. The summed E-state index contributed by atoms with van der Waals surface area (Å²) in [6.45, 7) is 0. The first-order chi connectivity index (χ1) is 7.56. The molecule has 0 aromatic carbocycles. The molecule has 7 heteroatoms. The summed E-state index contributed by atoms with van der Waals surface area (Å²) in [5.74, 6) is -0.238. The molecule has 0 saturated carbocycles. The lowest BCUT2D eigenvalue weighted by molar-refractivity contribution is 0.0964. The Hall–Kier alpha value is -2.31. The normalized spacial score (nSPS) is 10.6. The van der Waals surface area contributed by atoms with Crippen molar-refractivity contribution in [1.82, 2.24) is 19.9 Å². The average Bonchev–Trinajstić information content (AvgIpc) is 2.68. The molecule has 7 nitrogen and oxygen atoms in total. The number of rotatable bonds is 1. The molecule has 1 amide bonds. The molecule has 2 rings (SSSR count). The van der Waals surface area contributed by atoms with Crippen LogP contribution in [-0.4, -0.2) is 27.5 Å². The second-order valence-electron chi connectivity index (χ2n) is 3.34. The molecule has 0 unspecified atom stereocenters. The number of carbonyl (C=O) groups is 1. The number of fused-ring (bicyclic) bond motifs is 1. The maximum atomic E-state index is 11.9. The SMILES string of the molecule is CNC(=O)c1c[nH]c2nc(N)n(C)c(=O)c12. The molecule has 0 atom stereocenters. The molecule has 4 N–H and O–H groups in total. The van der Waals surface area contributed by atoms with Gasteiger partial charge in [0.05, 0.1) is 10.9 Å². The molecule has 0 aliphatic rings. The Morgan fingerprint density at radius 2 is 2.31 bits per heavy atom. The number of amides is 1. The molecule has 2 aromatic rings. The Kier molecular flexibility index (Phi) is 2.15. The zero-order chi connectivity index (χ0) is 11.9. The van der Waals surface area contributed by atoms with Gasteiger partial charge in [0, 0.05) is 20.3 Å². The maximum absolute atomic E-state index is 11.9. The van der Waals surface area contributed by atoms with Gasteiger partial charge in [0.2, 0.25) is 5.95 Å². The van der Waals surface area contributed by atoms with Crippen molar-refractivity contribution >= 4 is 22.9 Å². The average molecular weight is 221 g/mol. The van der Waals surface area contributed by atoms with E-state index in [1.54, 1.807) is 0 Å². The summed E-state index contributed by atoms with van der Waals surface area (Å²) in [6, 6.07) is 0. The van der Waals surface area contributed by atoms with E-state index in [9.17, 15) is 9.59 Å². The second kappa shape index (κ2) is 3.37. The van der Waals surface area contributed by atoms with Crippen molar-refractivity contribution in [2.75, 3.05) is 12.8 Å². The van der Waals surface area contributed by atoms with Crippen molar-refractivity contribution in [3.8, 4) is 0 Å². The van der Waals surface area contributed by atoms with Gasteiger partial charge in [-0.15, -0.1) is 0 Å².